The minimum absolute atomic E-state index is 0.0139. The van der Waals surface area contributed by atoms with Gasteiger partial charge in [-0.1, -0.05) is 5.21 Å². The molecule has 3 aromatic rings. The molecule has 1 aliphatic rings. The second-order valence-electron chi connectivity index (χ2n) is 6.65. The molecule has 1 saturated carbocycles. The molecule has 0 N–H and O–H groups in total. The zero-order valence-electron chi connectivity index (χ0n) is 16.4. The number of rotatable bonds is 4. The maximum atomic E-state index is 13.5. The fourth-order valence-electron chi connectivity index (χ4n) is 3.30. The van der Waals surface area contributed by atoms with Crippen molar-refractivity contribution in [3.05, 3.63) is 24.2 Å². The van der Waals surface area contributed by atoms with Gasteiger partial charge in [-0.2, -0.15) is 13.5 Å². The van der Waals surface area contributed by atoms with Gasteiger partial charge in [-0.3, -0.25) is 4.98 Å². The van der Waals surface area contributed by atoms with Crippen molar-refractivity contribution in [2.75, 3.05) is 0 Å². The molecule has 0 bridgehead atoms. The molecule has 3 aromatic heterocycles. The lowest BCUT2D eigenvalue weighted by Crippen LogP contribution is -2.26. The number of aromatic nitrogens is 6. The summed E-state index contributed by atoms with van der Waals surface area (Å²) in [6.45, 7) is -3.40. The average Bonchev–Trinajstić information content (AvgIpc) is 3.24. The van der Waals surface area contributed by atoms with Crippen LogP contribution in [-0.4, -0.2) is 35.5 Å². The average molecular weight is 384 g/mol. The van der Waals surface area contributed by atoms with E-state index in [1.165, 1.54) is 23.9 Å². The molecule has 0 saturated heterocycles. The molecule has 0 aromatic carbocycles. The first-order chi connectivity index (χ1) is 13.6. The summed E-state index contributed by atoms with van der Waals surface area (Å²) >= 11 is 0. The summed E-state index contributed by atoms with van der Waals surface area (Å²) in [4.78, 5) is 8.55. The minimum atomic E-state index is -2.93. The number of hydrogen-bond acceptors (Lipinski definition) is 4. The molecule has 0 amide bonds. The highest BCUT2D eigenvalue weighted by Gasteiger charge is 2.35. The molecule has 0 aliphatic heterocycles. The van der Waals surface area contributed by atoms with Crippen LogP contribution in [0.25, 0.3) is 22.6 Å². The molecule has 4 rings (SSSR count). The van der Waals surface area contributed by atoms with Gasteiger partial charge in [-0.15, -0.1) is 5.10 Å². The van der Waals surface area contributed by atoms with E-state index in [0.717, 1.165) is 0 Å². The van der Waals surface area contributed by atoms with Crippen LogP contribution in [0, 0.1) is 12.8 Å². The smallest absolute Gasteiger partial charge is 0.331 e. The molecule has 0 unspecified atom stereocenters. The Hall–Kier alpha value is -2.52. The zero-order chi connectivity index (χ0) is 21.0. The summed E-state index contributed by atoms with van der Waals surface area (Å²) in [5.74, 6) is -3.39. The van der Waals surface area contributed by atoms with E-state index in [2.05, 4.69) is 20.3 Å². The Balaban J connectivity index is 1.76. The number of nitrogens with zero attached hydrogens (tertiary/aromatic N) is 6. The molecule has 0 radical (unpaired) electrons. The second-order valence-corrected chi connectivity index (χ2v) is 6.65. The first-order valence-corrected chi connectivity index (χ1v) is 8.53. The number of fused-ring (bicyclic) bond motifs is 1. The van der Waals surface area contributed by atoms with Crippen LogP contribution in [-0.2, 0) is 6.50 Å². The van der Waals surface area contributed by atoms with E-state index in [0.29, 0.717) is 10.2 Å². The van der Waals surface area contributed by atoms with Gasteiger partial charge in [0.05, 0.1) is 14.6 Å². The normalized spacial score (nSPS) is 19.5. The van der Waals surface area contributed by atoms with E-state index in [9.17, 15) is 17.6 Å². The van der Waals surface area contributed by atoms with Crippen molar-refractivity contribution in [2.45, 2.75) is 51.6 Å². The van der Waals surface area contributed by atoms with E-state index in [1.54, 1.807) is 6.07 Å². The lowest BCUT2D eigenvalue weighted by atomic mass is 9.87. The minimum Gasteiger partial charge on any atom is -0.331 e. The van der Waals surface area contributed by atoms with Gasteiger partial charge in [0.15, 0.2) is 5.65 Å². The van der Waals surface area contributed by atoms with Crippen LogP contribution in [0.3, 0.4) is 0 Å². The highest BCUT2D eigenvalue weighted by molar-refractivity contribution is 5.74. The number of hydrogen-bond donors (Lipinski definition) is 0. The molecule has 6 nitrogen and oxygen atoms in total. The summed E-state index contributed by atoms with van der Waals surface area (Å²) < 4.78 is 72.2. The second kappa shape index (κ2) is 6.58. The summed E-state index contributed by atoms with van der Waals surface area (Å²) in [6.07, 6.45) is 2.09. The molecule has 144 valence electrons. The first kappa shape index (κ1) is 15.5. The van der Waals surface area contributed by atoms with Gasteiger partial charge in [0, 0.05) is 25.5 Å². The van der Waals surface area contributed by atoms with Crippen molar-refractivity contribution >= 4 is 11.2 Å². The summed E-state index contributed by atoms with van der Waals surface area (Å²) in [7, 11) is 0. The SMILES string of the molecule is [2H]C([2H])(C1CCC(F)(F)CC1)n1ccc2ncc(-c3c(C)nnn3C(F)F)nc21. The van der Waals surface area contributed by atoms with Crippen LogP contribution in [0.15, 0.2) is 18.5 Å². The van der Waals surface area contributed by atoms with Crippen LogP contribution in [0.5, 0.6) is 0 Å². The molecule has 1 aliphatic carbocycles. The van der Waals surface area contributed by atoms with Gasteiger partial charge in [0.1, 0.15) is 16.9 Å². The largest absolute Gasteiger partial charge is 0.335 e. The lowest BCUT2D eigenvalue weighted by Gasteiger charge is -2.28. The van der Waals surface area contributed by atoms with Crippen molar-refractivity contribution in [3.63, 3.8) is 0 Å². The quantitative estimate of drug-likeness (QED) is 0.632. The third kappa shape index (κ3) is 3.40. The zero-order valence-corrected chi connectivity index (χ0v) is 14.4. The molecular formula is C17H18F4N6. The molecular weight excluding hydrogens is 364 g/mol. The maximum Gasteiger partial charge on any atom is 0.335 e. The highest BCUT2D eigenvalue weighted by atomic mass is 19.3. The first-order valence-electron chi connectivity index (χ1n) is 9.53. The van der Waals surface area contributed by atoms with Crippen molar-refractivity contribution in [2.24, 2.45) is 5.92 Å². The van der Waals surface area contributed by atoms with Crippen LogP contribution < -0.4 is 0 Å². The van der Waals surface area contributed by atoms with Crippen LogP contribution in [0.4, 0.5) is 17.6 Å². The summed E-state index contributed by atoms with van der Waals surface area (Å²) in [5.41, 5.74) is 0.805. The fourth-order valence-corrected chi connectivity index (χ4v) is 3.30. The summed E-state index contributed by atoms with van der Waals surface area (Å²) in [6, 6.07) is 1.55. The molecule has 0 atom stereocenters. The highest BCUT2D eigenvalue weighted by Crippen LogP contribution is 2.37. The van der Waals surface area contributed by atoms with E-state index >= 15 is 0 Å². The predicted octanol–water partition coefficient (Wildman–Crippen LogP) is 4.22. The van der Waals surface area contributed by atoms with Crippen molar-refractivity contribution in [3.8, 4) is 11.4 Å². The Morgan fingerprint density at radius 1 is 1.33 bits per heavy atom. The van der Waals surface area contributed by atoms with E-state index in [4.69, 9.17) is 2.74 Å². The molecule has 0 spiro atoms. The summed E-state index contributed by atoms with van der Waals surface area (Å²) in [5, 5.41) is 7.07. The van der Waals surface area contributed by atoms with Crippen LogP contribution in [0.1, 0.15) is 40.7 Å². The Labute approximate surface area is 155 Å². The topological polar surface area (TPSA) is 61.4 Å². The third-order valence-electron chi connectivity index (χ3n) is 4.72. The van der Waals surface area contributed by atoms with Gasteiger partial charge < -0.3 is 4.57 Å². The molecule has 27 heavy (non-hydrogen) atoms. The maximum absolute atomic E-state index is 13.5. The van der Waals surface area contributed by atoms with Gasteiger partial charge in [-0.25, -0.2) is 13.8 Å². The van der Waals surface area contributed by atoms with Crippen molar-refractivity contribution in [1.29, 1.82) is 0 Å². The van der Waals surface area contributed by atoms with E-state index in [-0.39, 0.29) is 48.4 Å². The van der Waals surface area contributed by atoms with Gasteiger partial charge in [-0.05, 0) is 31.7 Å². The van der Waals surface area contributed by atoms with E-state index in [1.807, 2.05) is 0 Å². The van der Waals surface area contributed by atoms with Gasteiger partial charge in [0.2, 0.25) is 5.92 Å². The fraction of sp³-hybridized carbons (Fsp3) is 0.529. The van der Waals surface area contributed by atoms with E-state index < -0.39 is 24.9 Å². The molecule has 10 heteroatoms. The number of aryl methyl sites for hydroxylation is 1. The van der Waals surface area contributed by atoms with Crippen molar-refractivity contribution in [1.82, 2.24) is 29.5 Å². The van der Waals surface area contributed by atoms with Gasteiger partial charge >= 0.3 is 6.55 Å². The Morgan fingerprint density at radius 3 is 2.78 bits per heavy atom. The van der Waals surface area contributed by atoms with Crippen molar-refractivity contribution < 1.29 is 20.3 Å². The van der Waals surface area contributed by atoms with Crippen LogP contribution in [0.2, 0.25) is 0 Å². The third-order valence-corrected chi connectivity index (χ3v) is 4.72. The Bertz CT molecular complexity index is 1040. The number of alkyl halides is 4. The predicted molar refractivity (Wildman–Crippen MR) is 89.4 cm³/mol. The Morgan fingerprint density at radius 2 is 2.07 bits per heavy atom. The number of halogens is 4. The molecule has 3 heterocycles. The monoisotopic (exact) mass is 384 g/mol. The Kier molecular flexibility index (Phi) is 3.78. The van der Waals surface area contributed by atoms with Crippen LogP contribution >= 0.6 is 0 Å². The van der Waals surface area contributed by atoms with Gasteiger partial charge in [0.25, 0.3) is 0 Å². The standard InChI is InChI=1S/C17H18F4N6/c1-10-14(27(16(18)19)25-24-10)13-8-22-12-4-7-26(15(12)23-13)9-11-2-5-17(20,21)6-3-11/h4,7-8,11,16H,2-3,5-6,9H2,1H3/i9D2. The lowest BCUT2D eigenvalue weighted by molar-refractivity contribution is -0.0472. The molecule has 1 fully saturated rings.